The van der Waals surface area contributed by atoms with Gasteiger partial charge in [-0.15, -0.1) is 0 Å². The normalized spacial score (nSPS) is 20.4. The standard InChI is InChI=1S/C13H16ClNO2/c1-10-9-15(6-7-17-10)13(16)8-11-2-4-12(14)5-3-11/h2-5,10H,6-9H2,1H3/t10-/m1/s1. The molecule has 1 aromatic carbocycles. The number of amides is 1. The third-order valence-electron chi connectivity index (χ3n) is 2.86. The molecule has 0 N–H and O–H groups in total. The molecule has 1 amide bonds. The van der Waals surface area contributed by atoms with E-state index < -0.39 is 0 Å². The SMILES string of the molecule is C[C@@H]1CN(C(=O)Cc2ccc(Cl)cc2)CCO1. The lowest BCUT2D eigenvalue weighted by molar-refractivity contribution is -0.137. The van der Waals surface area contributed by atoms with Crippen LogP contribution < -0.4 is 0 Å². The highest BCUT2D eigenvalue weighted by Gasteiger charge is 2.21. The smallest absolute Gasteiger partial charge is 0.227 e. The zero-order chi connectivity index (χ0) is 12.3. The van der Waals surface area contributed by atoms with Crippen LogP contribution in [0, 0.1) is 0 Å². The lowest BCUT2D eigenvalue weighted by atomic mass is 10.1. The number of nitrogens with zero attached hydrogens (tertiary/aromatic N) is 1. The molecule has 92 valence electrons. The minimum absolute atomic E-state index is 0.137. The molecule has 0 radical (unpaired) electrons. The number of hydrogen-bond donors (Lipinski definition) is 0. The molecule has 0 spiro atoms. The first kappa shape index (κ1) is 12.4. The van der Waals surface area contributed by atoms with Crippen LogP contribution in [0.15, 0.2) is 24.3 Å². The van der Waals surface area contributed by atoms with Crippen molar-refractivity contribution in [3.05, 3.63) is 34.9 Å². The molecule has 0 saturated carbocycles. The van der Waals surface area contributed by atoms with Crippen molar-refractivity contribution in [2.24, 2.45) is 0 Å². The summed E-state index contributed by atoms with van der Waals surface area (Å²) in [6.45, 7) is 4.00. The Bertz CT molecular complexity index is 391. The molecule has 0 bridgehead atoms. The van der Waals surface area contributed by atoms with E-state index in [1.165, 1.54) is 0 Å². The molecule has 17 heavy (non-hydrogen) atoms. The highest BCUT2D eigenvalue weighted by atomic mass is 35.5. The molecule has 1 saturated heterocycles. The van der Waals surface area contributed by atoms with E-state index in [1.54, 1.807) is 0 Å². The predicted octanol–water partition coefficient (Wildman–Crippen LogP) is 2.13. The number of rotatable bonds is 2. The van der Waals surface area contributed by atoms with Gasteiger partial charge in [-0.1, -0.05) is 23.7 Å². The van der Waals surface area contributed by atoms with Gasteiger partial charge >= 0.3 is 0 Å². The van der Waals surface area contributed by atoms with Gasteiger partial charge in [0.05, 0.1) is 19.1 Å². The molecule has 1 atom stereocenters. The van der Waals surface area contributed by atoms with Crippen molar-refractivity contribution in [3.8, 4) is 0 Å². The van der Waals surface area contributed by atoms with Gasteiger partial charge in [0.2, 0.25) is 5.91 Å². The minimum Gasteiger partial charge on any atom is -0.375 e. The fraction of sp³-hybridized carbons (Fsp3) is 0.462. The maximum absolute atomic E-state index is 12.0. The average Bonchev–Trinajstić information content (AvgIpc) is 2.32. The first-order valence-corrected chi connectivity index (χ1v) is 6.17. The summed E-state index contributed by atoms with van der Waals surface area (Å²) in [6, 6.07) is 7.41. The molecule has 0 unspecified atom stereocenters. The zero-order valence-corrected chi connectivity index (χ0v) is 10.6. The van der Waals surface area contributed by atoms with Gasteiger partial charge in [-0.25, -0.2) is 0 Å². The van der Waals surface area contributed by atoms with Crippen LogP contribution in [-0.2, 0) is 16.0 Å². The van der Waals surface area contributed by atoms with E-state index in [9.17, 15) is 4.79 Å². The molecule has 1 aromatic rings. The molecule has 3 nitrogen and oxygen atoms in total. The molecule has 4 heteroatoms. The molecular formula is C13H16ClNO2. The van der Waals surface area contributed by atoms with Crippen molar-refractivity contribution < 1.29 is 9.53 Å². The predicted molar refractivity (Wildman–Crippen MR) is 67.2 cm³/mol. The van der Waals surface area contributed by atoms with Gasteiger partial charge in [-0.3, -0.25) is 4.79 Å². The van der Waals surface area contributed by atoms with Gasteiger partial charge in [-0.05, 0) is 24.6 Å². The Morgan fingerprint density at radius 1 is 1.47 bits per heavy atom. The Balaban J connectivity index is 1.94. The van der Waals surface area contributed by atoms with Crippen LogP contribution in [0.5, 0.6) is 0 Å². The van der Waals surface area contributed by atoms with Crippen molar-refractivity contribution >= 4 is 17.5 Å². The Morgan fingerprint density at radius 3 is 2.82 bits per heavy atom. The fourth-order valence-electron chi connectivity index (χ4n) is 1.93. The fourth-order valence-corrected chi connectivity index (χ4v) is 2.06. The molecule has 0 aliphatic carbocycles. The Morgan fingerprint density at radius 2 is 2.18 bits per heavy atom. The van der Waals surface area contributed by atoms with Crippen LogP contribution in [0.2, 0.25) is 5.02 Å². The van der Waals surface area contributed by atoms with Gasteiger partial charge < -0.3 is 9.64 Å². The summed E-state index contributed by atoms with van der Waals surface area (Å²) < 4.78 is 5.41. The summed E-state index contributed by atoms with van der Waals surface area (Å²) in [5.41, 5.74) is 0.999. The third-order valence-corrected chi connectivity index (χ3v) is 3.11. The Labute approximate surface area is 106 Å². The second-order valence-corrected chi connectivity index (χ2v) is 4.76. The molecule has 2 rings (SSSR count). The summed E-state index contributed by atoms with van der Waals surface area (Å²) >= 11 is 5.80. The first-order valence-electron chi connectivity index (χ1n) is 5.79. The van der Waals surface area contributed by atoms with Crippen LogP contribution in [-0.4, -0.2) is 36.6 Å². The van der Waals surface area contributed by atoms with Crippen LogP contribution in [0.1, 0.15) is 12.5 Å². The van der Waals surface area contributed by atoms with Gasteiger partial charge in [0.15, 0.2) is 0 Å². The molecule has 1 aliphatic rings. The lowest BCUT2D eigenvalue weighted by Crippen LogP contribution is -2.45. The van der Waals surface area contributed by atoms with Gasteiger partial charge in [0, 0.05) is 18.1 Å². The first-order chi connectivity index (χ1) is 8.15. The molecule has 1 aliphatic heterocycles. The third kappa shape index (κ3) is 3.45. The molecule has 0 aromatic heterocycles. The number of halogens is 1. The molecule has 1 fully saturated rings. The topological polar surface area (TPSA) is 29.5 Å². The number of carbonyl (C=O) groups excluding carboxylic acids is 1. The van der Waals surface area contributed by atoms with Gasteiger partial charge in [-0.2, -0.15) is 0 Å². The second kappa shape index (κ2) is 5.52. The van der Waals surface area contributed by atoms with E-state index in [-0.39, 0.29) is 12.0 Å². The minimum atomic E-state index is 0.137. The van der Waals surface area contributed by atoms with E-state index in [2.05, 4.69) is 0 Å². The average molecular weight is 254 g/mol. The van der Waals surface area contributed by atoms with Gasteiger partial charge in [0.25, 0.3) is 0 Å². The van der Waals surface area contributed by atoms with E-state index in [1.807, 2.05) is 36.1 Å². The second-order valence-electron chi connectivity index (χ2n) is 4.32. The number of ether oxygens (including phenoxy) is 1. The van der Waals surface area contributed by atoms with Crippen molar-refractivity contribution in [2.75, 3.05) is 19.7 Å². The number of benzene rings is 1. The Kier molecular flexibility index (Phi) is 4.02. The van der Waals surface area contributed by atoms with E-state index in [0.29, 0.717) is 31.1 Å². The lowest BCUT2D eigenvalue weighted by Gasteiger charge is -2.31. The van der Waals surface area contributed by atoms with Crippen LogP contribution >= 0.6 is 11.6 Å². The highest BCUT2D eigenvalue weighted by molar-refractivity contribution is 6.30. The number of carbonyl (C=O) groups is 1. The summed E-state index contributed by atoms with van der Waals surface area (Å²) in [6.07, 6.45) is 0.571. The van der Waals surface area contributed by atoms with Crippen molar-refractivity contribution in [1.29, 1.82) is 0 Å². The number of morpholine rings is 1. The van der Waals surface area contributed by atoms with E-state index in [4.69, 9.17) is 16.3 Å². The monoisotopic (exact) mass is 253 g/mol. The largest absolute Gasteiger partial charge is 0.375 e. The zero-order valence-electron chi connectivity index (χ0n) is 9.86. The quantitative estimate of drug-likeness (QED) is 0.808. The van der Waals surface area contributed by atoms with E-state index >= 15 is 0 Å². The van der Waals surface area contributed by atoms with Crippen LogP contribution in [0.4, 0.5) is 0 Å². The number of hydrogen-bond acceptors (Lipinski definition) is 2. The van der Waals surface area contributed by atoms with E-state index in [0.717, 1.165) is 5.56 Å². The molecule has 1 heterocycles. The summed E-state index contributed by atoms with van der Waals surface area (Å²) in [5.74, 6) is 0.155. The van der Waals surface area contributed by atoms with Crippen molar-refractivity contribution in [1.82, 2.24) is 4.90 Å². The molecular weight excluding hydrogens is 238 g/mol. The van der Waals surface area contributed by atoms with Gasteiger partial charge in [0.1, 0.15) is 0 Å². The summed E-state index contributed by atoms with van der Waals surface area (Å²) in [7, 11) is 0. The van der Waals surface area contributed by atoms with Crippen molar-refractivity contribution in [2.45, 2.75) is 19.4 Å². The maximum Gasteiger partial charge on any atom is 0.227 e. The maximum atomic E-state index is 12.0. The van der Waals surface area contributed by atoms with Crippen molar-refractivity contribution in [3.63, 3.8) is 0 Å². The summed E-state index contributed by atoms with van der Waals surface area (Å²) in [5, 5.41) is 0.696. The highest BCUT2D eigenvalue weighted by Crippen LogP contribution is 2.12. The van der Waals surface area contributed by atoms with Crippen LogP contribution in [0.3, 0.4) is 0 Å². The summed E-state index contributed by atoms with van der Waals surface area (Å²) in [4.78, 5) is 13.9. The Hall–Kier alpha value is -1.06. The van der Waals surface area contributed by atoms with Crippen LogP contribution in [0.25, 0.3) is 0 Å².